The molecule has 182 valence electrons. The molecule has 0 aliphatic heterocycles. The van der Waals surface area contributed by atoms with Crippen molar-refractivity contribution in [3.8, 4) is 0 Å². The monoisotopic (exact) mass is 470 g/mol. The van der Waals surface area contributed by atoms with E-state index in [9.17, 15) is 4.79 Å². The number of carbonyl (C=O) groups is 1. The molecule has 5 aliphatic carbocycles. The predicted molar refractivity (Wildman–Crippen MR) is 136 cm³/mol. The van der Waals surface area contributed by atoms with Gasteiger partial charge in [-0.05, 0) is 117 Å². The third kappa shape index (κ3) is 4.87. The molecule has 5 saturated carbocycles. The molecule has 6 rings (SSSR count). The summed E-state index contributed by atoms with van der Waals surface area (Å²) in [5.74, 6) is 4.23. The Kier molecular flexibility index (Phi) is 7.10. The van der Waals surface area contributed by atoms with Crippen molar-refractivity contribution in [3.05, 3.63) is 35.9 Å². The van der Waals surface area contributed by atoms with E-state index < -0.39 is 0 Å². The summed E-state index contributed by atoms with van der Waals surface area (Å²) < 4.78 is 0. The Bertz CT molecular complexity index is 787. The fourth-order valence-corrected chi connectivity index (χ4v) is 9.00. The van der Waals surface area contributed by atoms with Crippen LogP contribution in [0.2, 0.25) is 0 Å². The van der Waals surface area contributed by atoms with Gasteiger partial charge in [-0.25, -0.2) is 0 Å². The Morgan fingerprint density at radius 2 is 1.70 bits per heavy atom. The maximum absolute atomic E-state index is 12.5. The van der Waals surface area contributed by atoms with Crippen molar-refractivity contribution < 1.29 is 4.79 Å². The first kappa shape index (κ1) is 23.7. The minimum absolute atomic E-state index is 0.264. The lowest BCUT2D eigenvalue weighted by Gasteiger charge is -2.65. The molecule has 5 aliphatic rings. The number of alkyl halides is 1. The molecular weight excluding hydrogens is 428 g/mol. The summed E-state index contributed by atoms with van der Waals surface area (Å²) in [5.41, 5.74) is 8.08. The van der Waals surface area contributed by atoms with Gasteiger partial charge in [0, 0.05) is 18.3 Å². The van der Waals surface area contributed by atoms with E-state index in [1.165, 1.54) is 57.8 Å². The number of rotatable bonds is 9. The van der Waals surface area contributed by atoms with Crippen molar-refractivity contribution in [1.29, 1.82) is 0 Å². The van der Waals surface area contributed by atoms with Gasteiger partial charge >= 0.3 is 0 Å². The van der Waals surface area contributed by atoms with Crippen LogP contribution in [0.5, 0.6) is 0 Å². The first-order valence-corrected chi connectivity index (χ1v) is 14.2. The molecule has 0 aromatic heterocycles. The zero-order valence-electron chi connectivity index (χ0n) is 20.2. The molecule has 2 atom stereocenters. The smallest absolute Gasteiger partial charge is 0.220 e. The van der Waals surface area contributed by atoms with Crippen molar-refractivity contribution in [3.63, 3.8) is 0 Å². The molecule has 1 aromatic carbocycles. The summed E-state index contributed by atoms with van der Waals surface area (Å²) in [5, 5.41) is 3.29. The SMILES string of the molecule is NCC1CCC(NC(=O)CCCCC2C3CC4(CCl)CC2CC(c2ccccc2)(C3)C4)CC1. The lowest BCUT2D eigenvalue weighted by molar-refractivity contribution is -0.122. The first-order chi connectivity index (χ1) is 16.0. The molecule has 0 spiro atoms. The largest absolute Gasteiger partial charge is 0.353 e. The average Bonchev–Trinajstić information content (AvgIpc) is 2.84. The van der Waals surface area contributed by atoms with Crippen molar-refractivity contribution in [2.45, 2.75) is 94.9 Å². The van der Waals surface area contributed by atoms with Crippen LogP contribution in [0.15, 0.2) is 30.3 Å². The van der Waals surface area contributed by atoms with Gasteiger partial charge < -0.3 is 11.1 Å². The maximum atomic E-state index is 12.5. The predicted octanol–water partition coefficient (Wildman–Crippen LogP) is 6.18. The Morgan fingerprint density at radius 3 is 2.33 bits per heavy atom. The van der Waals surface area contributed by atoms with Gasteiger partial charge in [0.2, 0.25) is 5.91 Å². The molecule has 33 heavy (non-hydrogen) atoms. The van der Waals surface area contributed by atoms with E-state index in [0.717, 1.165) is 49.4 Å². The minimum atomic E-state index is 0.264. The van der Waals surface area contributed by atoms with Gasteiger partial charge in [0.05, 0.1) is 0 Å². The van der Waals surface area contributed by atoms with E-state index in [-0.39, 0.29) is 5.91 Å². The van der Waals surface area contributed by atoms with Crippen LogP contribution in [0.3, 0.4) is 0 Å². The van der Waals surface area contributed by atoms with Crippen LogP contribution in [-0.4, -0.2) is 24.4 Å². The topological polar surface area (TPSA) is 55.1 Å². The van der Waals surface area contributed by atoms with E-state index in [2.05, 4.69) is 35.6 Å². The van der Waals surface area contributed by atoms with Crippen molar-refractivity contribution in [2.75, 3.05) is 12.4 Å². The van der Waals surface area contributed by atoms with Gasteiger partial charge in [0.1, 0.15) is 0 Å². The standard InChI is InChI=1S/C29H43ClN2O/c30-20-28-14-22-16-29(19-28,24-6-2-1-3-7-24)17-23(15-28)26(22)8-4-5-9-27(33)32-25-12-10-21(18-31)11-13-25/h1-3,6-7,21-23,25-26H,4-5,8-20,31H2,(H,32,33). The highest BCUT2D eigenvalue weighted by Gasteiger charge is 2.60. The van der Waals surface area contributed by atoms with Crippen LogP contribution in [-0.2, 0) is 10.2 Å². The highest BCUT2D eigenvalue weighted by atomic mass is 35.5. The highest BCUT2D eigenvalue weighted by molar-refractivity contribution is 6.18. The summed E-state index contributed by atoms with van der Waals surface area (Å²) in [7, 11) is 0. The Morgan fingerprint density at radius 1 is 1.00 bits per heavy atom. The van der Waals surface area contributed by atoms with Gasteiger partial charge in [-0.3, -0.25) is 4.79 Å². The lowest BCUT2D eigenvalue weighted by Crippen LogP contribution is -2.58. The van der Waals surface area contributed by atoms with Gasteiger partial charge in [-0.2, -0.15) is 0 Å². The number of hydrogen-bond acceptors (Lipinski definition) is 2. The number of nitrogens with one attached hydrogen (secondary N) is 1. The number of halogens is 1. The molecule has 3 N–H and O–H groups in total. The van der Waals surface area contributed by atoms with E-state index >= 15 is 0 Å². The molecule has 5 fully saturated rings. The summed E-state index contributed by atoms with van der Waals surface area (Å²) >= 11 is 6.63. The third-order valence-electron chi connectivity index (χ3n) is 10.0. The molecule has 2 unspecified atom stereocenters. The van der Waals surface area contributed by atoms with E-state index in [1.807, 2.05) is 0 Å². The molecule has 1 amide bonds. The summed E-state index contributed by atoms with van der Waals surface area (Å²) in [6.45, 7) is 0.794. The number of hydrogen-bond donors (Lipinski definition) is 2. The average molecular weight is 471 g/mol. The number of nitrogens with two attached hydrogens (primary N) is 1. The molecule has 4 bridgehead atoms. The van der Waals surface area contributed by atoms with Crippen LogP contribution in [0.25, 0.3) is 0 Å². The van der Waals surface area contributed by atoms with Crippen molar-refractivity contribution >= 4 is 17.5 Å². The molecule has 0 radical (unpaired) electrons. The van der Waals surface area contributed by atoms with Crippen LogP contribution in [0.1, 0.15) is 89.0 Å². The van der Waals surface area contributed by atoms with Crippen LogP contribution in [0.4, 0.5) is 0 Å². The number of carbonyl (C=O) groups excluding carboxylic acids is 1. The van der Waals surface area contributed by atoms with E-state index in [0.29, 0.717) is 29.2 Å². The first-order valence-electron chi connectivity index (χ1n) is 13.7. The quantitative estimate of drug-likeness (QED) is 0.334. The van der Waals surface area contributed by atoms with Gasteiger partial charge in [-0.15, -0.1) is 11.6 Å². The zero-order chi connectivity index (χ0) is 22.9. The minimum Gasteiger partial charge on any atom is -0.353 e. The third-order valence-corrected chi connectivity index (χ3v) is 10.6. The Balaban J connectivity index is 1.12. The van der Waals surface area contributed by atoms with E-state index in [1.54, 1.807) is 5.56 Å². The number of unbranched alkanes of at least 4 members (excludes halogenated alkanes) is 1. The second-order valence-corrected chi connectivity index (χ2v) is 12.5. The molecule has 0 heterocycles. The normalized spacial score (nSPS) is 39.5. The van der Waals surface area contributed by atoms with Crippen molar-refractivity contribution in [2.24, 2.45) is 34.8 Å². The second kappa shape index (κ2) is 9.90. The molecule has 4 heteroatoms. The Labute approximate surface area is 205 Å². The number of benzene rings is 1. The van der Waals surface area contributed by atoms with Crippen LogP contribution >= 0.6 is 11.6 Å². The number of amides is 1. The highest BCUT2D eigenvalue weighted by Crippen LogP contribution is 2.68. The molecular formula is C29H43ClN2O. The fraction of sp³-hybridized carbons (Fsp3) is 0.759. The van der Waals surface area contributed by atoms with Crippen LogP contribution in [0, 0.1) is 29.1 Å². The maximum Gasteiger partial charge on any atom is 0.220 e. The molecule has 3 nitrogen and oxygen atoms in total. The van der Waals surface area contributed by atoms with E-state index in [4.69, 9.17) is 17.3 Å². The second-order valence-electron chi connectivity index (χ2n) is 12.2. The zero-order valence-corrected chi connectivity index (χ0v) is 21.0. The molecule has 0 saturated heterocycles. The summed E-state index contributed by atoms with van der Waals surface area (Å²) in [6, 6.07) is 11.7. The lowest BCUT2D eigenvalue weighted by atomic mass is 9.40. The van der Waals surface area contributed by atoms with Crippen molar-refractivity contribution in [1.82, 2.24) is 5.32 Å². The van der Waals surface area contributed by atoms with Gasteiger partial charge in [-0.1, -0.05) is 36.8 Å². The fourth-order valence-electron chi connectivity index (χ4n) is 8.69. The molecule has 1 aromatic rings. The van der Waals surface area contributed by atoms with Crippen LogP contribution < -0.4 is 11.1 Å². The van der Waals surface area contributed by atoms with Gasteiger partial charge in [0.25, 0.3) is 0 Å². The summed E-state index contributed by atoms with van der Waals surface area (Å²) in [6.07, 6.45) is 15.4. The van der Waals surface area contributed by atoms with Gasteiger partial charge in [0.15, 0.2) is 0 Å². The summed E-state index contributed by atoms with van der Waals surface area (Å²) in [4.78, 5) is 12.5. The Hall–Kier alpha value is -1.06.